The highest BCUT2D eigenvalue weighted by Crippen LogP contribution is 2.28. The summed E-state index contributed by atoms with van der Waals surface area (Å²) in [4.78, 5) is 41.8. The van der Waals surface area contributed by atoms with E-state index in [1.54, 1.807) is 7.11 Å². The molecule has 2 aliphatic heterocycles. The molecule has 29 heavy (non-hydrogen) atoms. The molecule has 0 bridgehead atoms. The number of likely N-dealkylation sites (tertiary alicyclic amines) is 1. The summed E-state index contributed by atoms with van der Waals surface area (Å²) in [6.07, 6.45) is 7.95. The lowest BCUT2D eigenvalue weighted by molar-refractivity contribution is -0.938. The maximum atomic E-state index is 13.0. The van der Waals surface area contributed by atoms with E-state index in [2.05, 4.69) is 12.1 Å². The molecule has 7 heteroatoms. The molecule has 1 saturated carbocycles. The molecule has 7 nitrogen and oxygen atoms in total. The monoisotopic (exact) mass is 400 g/mol. The fourth-order valence-corrected chi connectivity index (χ4v) is 5.03. The molecule has 2 atom stereocenters. The molecule has 0 aromatic heterocycles. The molecule has 1 unspecified atom stereocenters. The molecule has 2 heterocycles. The second-order valence-electron chi connectivity index (χ2n) is 8.37. The van der Waals surface area contributed by atoms with Crippen molar-refractivity contribution in [2.45, 2.75) is 63.5 Å². The van der Waals surface area contributed by atoms with E-state index in [1.165, 1.54) is 20.3 Å². The summed E-state index contributed by atoms with van der Waals surface area (Å²) in [6, 6.07) is 7.71. The predicted molar refractivity (Wildman–Crippen MR) is 106 cm³/mol. The van der Waals surface area contributed by atoms with Crippen molar-refractivity contribution < 1.29 is 24.0 Å². The average molecular weight is 400 g/mol. The van der Waals surface area contributed by atoms with Crippen LogP contribution in [0.2, 0.25) is 0 Å². The topological polar surface area (TPSA) is 71.4 Å². The van der Waals surface area contributed by atoms with Gasteiger partial charge in [-0.1, -0.05) is 12.8 Å². The number of rotatable bonds is 5. The standard InChI is InChI=1S/C22H29N3O4/c1-29-18-12-10-16(11-13-18)19-9-3-2-6-14-23(19)15-24-20(26)21(27)25(22(24)28)17-7-4-5-8-17/h10-13,17,19H,2-9,14-15H2,1H3/p+1/t19-/m1/s1. The Morgan fingerprint density at radius 3 is 2.31 bits per heavy atom. The Morgan fingerprint density at radius 2 is 1.62 bits per heavy atom. The van der Waals surface area contributed by atoms with Gasteiger partial charge in [0.05, 0.1) is 13.7 Å². The third-order valence-corrected chi connectivity index (χ3v) is 6.64. The van der Waals surface area contributed by atoms with Gasteiger partial charge >= 0.3 is 17.8 Å². The third kappa shape index (κ3) is 3.88. The average Bonchev–Trinajstić information content (AvgIpc) is 3.24. The number of urea groups is 1. The predicted octanol–water partition coefficient (Wildman–Crippen LogP) is 1.89. The number of nitrogens with zero attached hydrogens (tertiary/aromatic N) is 2. The van der Waals surface area contributed by atoms with E-state index in [0.717, 1.165) is 63.7 Å². The Balaban J connectivity index is 1.54. The largest absolute Gasteiger partial charge is 0.497 e. The zero-order valence-corrected chi connectivity index (χ0v) is 17.1. The summed E-state index contributed by atoms with van der Waals surface area (Å²) in [5.41, 5.74) is 1.18. The number of imide groups is 2. The number of nitrogens with one attached hydrogen (secondary N) is 1. The third-order valence-electron chi connectivity index (χ3n) is 6.64. The number of benzene rings is 1. The molecule has 1 aromatic rings. The minimum Gasteiger partial charge on any atom is -0.497 e. The molecule has 156 valence electrons. The van der Waals surface area contributed by atoms with Gasteiger partial charge in [0.1, 0.15) is 11.8 Å². The first-order valence-corrected chi connectivity index (χ1v) is 10.8. The summed E-state index contributed by atoms with van der Waals surface area (Å²) in [6.45, 7) is 1.13. The van der Waals surface area contributed by atoms with Crippen LogP contribution in [-0.2, 0) is 9.59 Å². The first-order valence-electron chi connectivity index (χ1n) is 10.8. The van der Waals surface area contributed by atoms with Gasteiger partial charge in [0, 0.05) is 18.0 Å². The van der Waals surface area contributed by atoms with Gasteiger partial charge in [-0.3, -0.25) is 14.5 Å². The van der Waals surface area contributed by atoms with E-state index in [9.17, 15) is 14.4 Å². The van der Waals surface area contributed by atoms with Crippen LogP contribution in [0.1, 0.15) is 63.0 Å². The first-order chi connectivity index (χ1) is 14.1. The van der Waals surface area contributed by atoms with Crippen molar-refractivity contribution in [1.29, 1.82) is 0 Å². The van der Waals surface area contributed by atoms with Gasteiger partial charge in [-0.2, -0.15) is 0 Å². The van der Waals surface area contributed by atoms with Gasteiger partial charge in [0.15, 0.2) is 6.67 Å². The lowest BCUT2D eigenvalue weighted by Gasteiger charge is -2.30. The summed E-state index contributed by atoms with van der Waals surface area (Å²) in [5, 5.41) is 0. The molecular weight excluding hydrogens is 370 g/mol. The van der Waals surface area contributed by atoms with E-state index in [0.29, 0.717) is 0 Å². The van der Waals surface area contributed by atoms with Gasteiger partial charge in [-0.05, 0) is 56.4 Å². The number of carbonyl (C=O) groups is 3. The summed E-state index contributed by atoms with van der Waals surface area (Å²) in [7, 11) is 1.65. The van der Waals surface area contributed by atoms with Crippen LogP contribution in [0.15, 0.2) is 24.3 Å². The van der Waals surface area contributed by atoms with Crippen LogP contribution in [0.25, 0.3) is 0 Å². The zero-order chi connectivity index (χ0) is 20.4. The van der Waals surface area contributed by atoms with E-state index < -0.39 is 17.8 Å². The van der Waals surface area contributed by atoms with Crippen molar-refractivity contribution in [3.8, 4) is 5.75 Å². The van der Waals surface area contributed by atoms with Gasteiger partial charge in [-0.15, -0.1) is 0 Å². The second-order valence-corrected chi connectivity index (χ2v) is 8.37. The highest BCUT2D eigenvalue weighted by molar-refractivity contribution is 6.44. The maximum absolute atomic E-state index is 13.0. The maximum Gasteiger partial charge on any atom is 0.338 e. The normalized spacial score (nSPS) is 26.3. The zero-order valence-electron chi connectivity index (χ0n) is 17.1. The number of hydrogen-bond donors (Lipinski definition) is 1. The molecule has 0 radical (unpaired) electrons. The van der Waals surface area contributed by atoms with Gasteiger partial charge in [0.25, 0.3) is 0 Å². The fourth-order valence-electron chi connectivity index (χ4n) is 5.03. The number of methoxy groups -OCH3 is 1. The lowest BCUT2D eigenvalue weighted by atomic mass is 10.0. The van der Waals surface area contributed by atoms with Crippen LogP contribution in [0, 0.1) is 0 Å². The van der Waals surface area contributed by atoms with Crippen molar-refractivity contribution in [2.75, 3.05) is 20.3 Å². The quantitative estimate of drug-likeness (QED) is 0.605. The highest BCUT2D eigenvalue weighted by atomic mass is 16.5. The number of hydrogen-bond acceptors (Lipinski definition) is 4. The van der Waals surface area contributed by atoms with Crippen LogP contribution in [0.5, 0.6) is 5.75 Å². The van der Waals surface area contributed by atoms with Crippen LogP contribution < -0.4 is 9.64 Å². The molecule has 3 fully saturated rings. The molecule has 2 saturated heterocycles. The van der Waals surface area contributed by atoms with Gasteiger partial charge in [0.2, 0.25) is 0 Å². The summed E-state index contributed by atoms with van der Waals surface area (Å²) < 4.78 is 5.27. The number of carbonyl (C=O) groups excluding carboxylic acids is 3. The molecule has 4 amide bonds. The lowest BCUT2D eigenvalue weighted by Crippen LogP contribution is -3.13. The Hall–Kier alpha value is -2.41. The van der Waals surface area contributed by atoms with Crippen molar-refractivity contribution in [1.82, 2.24) is 9.80 Å². The minimum absolute atomic E-state index is 0.111. The van der Waals surface area contributed by atoms with Gasteiger partial charge in [-0.25, -0.2) is 9.69 Å². The van der Waals surface area contributed by atoms with E-state index >= 15 is 0 Å². The molecule has 1 N–H and O–H groups in total. The van der Waals surface area contributed by atoms with E-state index in [1.807, 2.05) is 12.1 Å². The molecule has 3 aliphatic rings. The SMILES string of the molecule is COc1ccc([C@H]2CCCCC[NH+]2CN2C(=O)C(=O)N(C3CCCC3)C2=O)cc1. The van der Waals surface area contributed by atoms with Crippen molar-refractivity contribution in [3.63, 3.8) is 0 Å². The summed E-state index contributed by atoms with van der Waals surface area (Å²) >= 11 is 0. The van der Waals surface area contributed by atoms with E-state index in [4.69, 9.17) is 4.74 Å². The Bertz CT molecular complexity index is 773. The van der Waals surface area contributed by atoms with Crippen LogP contribution in [0.3, 0.4) is 0 Å². The van der Waals surface area contributed by atoms with Crippen LogP contribution >= 0.6 is 0 Å². The molecule has 1 aliphatic carbocycles. The Kier molecular flexibility index (Phi) is 5.85. The van der Waals surface area contributed by atoms with E-state index in [-0.39, 0.29) is 18.8 Å². The number of ether oxygens (including phenoxy) is 1. The first kappa shape index (κ1) is 19.9. The van der Waals surface area contributed by atoms with Crippen LogP contribution in [-0.4, -0.2) is 54.0 Å². The summed E-state index contributed by atoms with van der Waals surface area (Å²) in [5.74, 6) is -0.490. The Labute approximate surface area is 171 Å². The van der Waals surface area contributed by atoms with Gasteiger partial charge < -0.3 is 9.64 Å². The minimum atomic E-state index is -0.660. The molecule has 1 aromatic carbocycles. The molecule has 4 rings (SSSR count). The smallest absolute Gasteiger partial charge is 0.338 e. The van der Waals surface area contributed by atoms with Crippen LogP contribution in [0.4, 0.5) is 4.79 Å². The van der Waals surface area contributed by atoms with Crippen molar-refractivity contribution in [2.24, 2.45) is 0 Å². The highest BCUT2D eigenvalue weighted by Gasteiger charge is 2.50. The number of amides is 4. The molecular formula is C22H30N3O4+. The Morgan fingerprint density at radius 1 is 0.931 bits per heavy atom. The van der Waals surface area contributed by atoms with Crippen molar-refractivity contribution in [3.05, 3.63) is 29.8 Å². The van der Waals surface area contributed by atoms with Crippen molar-refractivity contribution >= 4 is 17.8 Å². The fraction of sp³-hybridized carbons (Fsp3) is 0.591. The number of quaternary nitrogens is 1. The second kappa shape index (κ2) is 8.53. The molecule has 0 spiro atoms.